The molecule has 0 heterocycles. The lowest BCUT2D eigenvalue weighted by Gasteiger charge is -2.07. The Balaban J connectivity index is 2.38. The van der Waals surface area contributed by atoms with Crippen LogP contribution in [0.15, 0.2) is 52.3 Å². The summed E-state index contributed by atoms with van der Waals surface area (Å²) in [5.41, 5.74) is 0.373. The van der Waals surface area contributed by atoms with Crippen molar-refractivity contribution in [1.29, 1.82) is 0 Å². The average Bonchev–Trinajstić information content (AvgIpc) is 2.38. The minimum atomic E-state index is -0.776. The van der Waals surface area contributed by atoms with Gasteiger partial charge in [-0.25, -0.2) is 4.39 Å². The zero-order valence-corrected chi connectivity index (χ0v) is 11.4. The van der Waals surface area contributed by atoms with Crippen molar-refractivity contribution in [3.8, 4) is 0 Å². The first-order valence-corrected chi connectivity index (χ1v) is 6.69. The molecule has 0 amide bonds. The molecule has 1 unspecified atom stereocenters. The summed E-state index contributed by atoms with van der Waals surface area (Å²) >= 11 is 1.11. The van der Waals surface area contributed by atoms with Gasteiger partial charge in [-0.3, -0.25) is 10.1 Å². The Morgan fingerprint density at radius 1 is 1.30 bits per heavy atom. The summed E-state index contributed by atoms with van der Waals surface area (Å²) in [4.78, 5) is 11.6. The molecule has 4 nitrogen and oxygen atoms in total. The van der Waals surface area contributed by atoms with Gasteiger partial charge in [-0.2, -0.15) is 0 Å². The number of nitro benzene ring substituents is 1. The standard InChI is InChI=1S/C14H12FNO3S/c1-9(17)10-5-6-14(13(7-10)16(18)19)20-12-4-2-3-11(15)8-12/h2-9,17H,1H3. The summed E-state index contributed by atoms with van der Waals surface area (Å²) < 4.78 is 13.1. The lowest BCUT2D eigenvalue weighted by atomic mass is 10.1. The van der Waals surface area contributed by atoms with Crippen LogP contribution in [-0.4, -0.2) is 10.0 Å². The summed E-state index contributed by atoms with van der Waals surface area (Å²) in [6.45, 7) is 1.54. The van der Waals surface area contributed by atoms with Crippen molar-refractivity contribution in [2.45, 2.75) is 22.8 Å². The molecule has 0 bridgehead atoms. The molecule has 1 N–H and O–H groups in total. The van der Waals surface area contributed by atoms with Gasteiger partial charge in [-0.15, -0.1) is 0 Å². The number of benzene rings is 2. The van der Waals surface area contributed by atoms with Gasteiger partial charge < -0.3 is 5.11 Å². The first-order chi connectivity index (χ1) is 9.47. The zero-order valence-electron chi connectivity index (χ0n) is 10.6. The summed E-state index contributed by atoms with van der Waals surface area (Å²) in [5, 5.41) is 20.6. The molecule has 0 aliphatic carbocycles. The van der Waals surface area contributed by atoms with E-state index >= 15 is 0 Å². The number of rotatable bonds is 4. The van der Waals surface area contributed by atoms with E-state index in [1.54, 1.807) is 31.2 Å². The number of hydrogen-bond acceptors (Lipinski definition) is 4. The van der Waals surface area contributed by atoms with Gasteiger partial charge in [0.2, 0.25) is 0 Å². The Labute approximate surface area is 119 Å². The SMILES string of the molecule is CC(O)c1ccc(Sc2cccc(F)c2)c([N+](=O)[O-])c1. The summed E-state index contributed by atoms with van der Waals surface area (Å²) in [5.74, 6) is -0.391. The van der Waals surface area contributed by atoms with Crippen LogP contribution >= 0.6 is 11.8 Å². The molecule has 6 heteroatoms. The smallest absolute Gasteiger partial charge is 0.283 e. The predicted octanol–water partition coefficient (Wildman–Crippen LogP) is 3.94. The lowest BCUT2D eigenvalue weighted by molar-refractivity contribution is -0.387. The van der Waals surface area contributed by atoms with Crippen LogP contribution in [0.4, 0.5) is 10.1 Å². The summed E-state index contributed by atoms with van der Waals surface area (Å²) in [6, 6.07) is 10.4. The normalized spacial score (nSPS) is 12.2. The fraction of sp³-hybridized carbons (Fsp3) is 0.143. The monoisotopic (exact) mass is 293 g/mol. The quantitative estimate of drug-likeness (QED) is 0.685. The average molecular weight is 293 g/mol. The van der Waals surface area contributed by atoms with E-state index in [9.17, 15) is 19.6 Å². The molecule has 2 rings (SSSR count). The number of aliphatic hydroxyl groups excluding tert-OH is 1. The second-order valence-electron chi connectivity index (χ2n) is 4.22. The van der Waals surface area contributed by atoms with Crippen LogP contribution in [0.25, 0.3) is 0 Å². The Morgan fingerprint density at radius 2 is 2.05 bits per heavy atom. The van der Waals surface area contributed by atoms with Gasteiger partial charge in [0.25, 0.3) is 5.69 Å². The van der Waals surface area contributed by atoms with E-state index in [0.717, 1.165) is 11.8 Å². The number of aliphatic hydroxyl groups is 1. The van der Waals surface area contributed by atoms with Crippen molar-refractivity contribution in [2.75, 3.05) is 0 Å². The molecule has 0 saturated carbocycles. The van der Waals surface area contributed by atoms with E-state index in [1.165, 1.54) is 18.2 Å². The van der Waals surface area contributed by atoms with Crippen LogP contribution in [0.2, 0.25) is 0 Å². The van der Waals surface area contributed by atoms with Crippen LogP contribution in [0, 0.1) is 15.9 Å². The third-order valence-electron chi connectivity index (χ3n) is 2.69. The Bertz CT molecular complexity index is 646. The van der Waals surface area contributed by atoms with E-state index < -0.39 is 16.8 Å². The third kappa shape index (κ3) is 3.34. The number of hydrogen-bond donors (Lipinski definition) is 1. The molecular formula is C14H12FNO3S. The van der Waals surface area contributed by atoms with Crippen molar-refractivity contribution < 1.29 is 14.4 Å². The number of nitro groups is 1. The number of halogens is 1. The molecule has 0 aliphatic heterocycles. The maximum Gasteiger partial charge on any atom is 0.283 e. The lowest BCUT2D eigenvalue weighted by Crippen LogP contribution is -1.96. The van der Waals surface area contributed by atoms with E-state index in [0.29, 0.717) is 15.4 Å². The highest BCUT2D eigenvalue weighted by molar-refractivity contribution is 7.99. The van der Waals surface area contributed by atoms with Gasteiger partial charge in [-0.05, 0) is 36.8 Å². The molecule has 1 atom stereocenters. The van der Waals surface area contributed by atoms with Crippen LogP contribution in [0.1, 0.15) is 18.6 Å². The molecule has 0 saturated heterocycles. The molecule has 2 aromatic rings. The summed E-state index contributed by atoms with van der Waals surface area (Å²) in [7, 11) is 0. The molecule has 0 spiro atoms. The molecular weight excluding hydrogens is 281 g/mol. The Hall–Kier alpha value is -1.92. The fourth-order valence-corrected chi connectivity index (χ4v) is 2.63. The van der Waals surface area contributed by atoms with Crippen LogP contribution in [0.5, 0.6) is 0 Å². The van der Waals surface area contributed by atoms with Crippen LogP contribution in [0.3, 0.4) is 0 Å². The molecule has 20 heavy (non-hydrogen) atoms. The molecule has 2 aromatic carbocycles. The summed E-state index contributed by atoms with van der Waals surface area (Å²) in [6.07, 6.45) is -0.776. The Kier molecular flexibility index (Phi) is 4.36. The van der Waals surface area contributed by atoms with E-state index in [1.807, 2.05) is 0 Å². The molecule has 0 aliphatic rings. The van der Waals surface area contributed by atoms with Crippen LogP contribution < -0.4 is 0 Å². The maximum absolute atomic E-state index is 13.1. The van der Waals surface area contributed by atoms with E-state index in [4.69, 9.17) is 0 Å². The zero-order chi connectivity index (χ0) is 14.7. The second-order valence-corrected chi connectivity index (χ2v) is 5.34. The molecule has 104 valence electrons. The fourth-order valence-electron chi connectivity index (χ4n) is 1.68. The maximum atomic E-state index is 13.1. The molecule has 0 fully saturated rings. The highest BCUT2D eigenvalue weighted by Crippen LogP contribution is 2.36. The first kappa shape index (κ1) is 14.5. The highest BCUT2D eigenvalue weighted by atomic mass is 32.2. The number of nitrogens with zero attached hydrogens (tertiary/aromatic N) is 1. The molecule has 0 aromatic heterocycles. The van der Waals surface area contributed by atoms with Gasteiger partial charge in [-0.1, -0.05) is 23.9 Å². The van der Waals surface area contributed by atoms with Gasteiger partial charge >= 0.3 is 0 Å². The van der Waals surface area contributed by atoms with Gasteiger partial charge in [0.15, 0.2) is 0 Å². The van der Waals surface area contributed by atoms with Gasteiger partial charge in [0.1, 0.15) is 5.82 Å². The van der Waals surface area contributed by atoms with Crippen molar-refractivity contribution in [1.82, 2.24) is 0 Å². The first-order valence-electron chi connectivity index (χ1n) is 5.87. The topological polar surface area (TPSA) is 63.4 Å². The second kappa shape index (κ2) is 6.02. The van der Waals surface area contributed by atoms with Crippen molar-refractivity contribution in [2.24, 2.45) is 0 Å². The van der Waals surface area contributed by atoms with Crippen molar-refractivity contribution in [3.63, 3.8) is 0 Å². The largest absolute Gasteiger partial charge is 0.389 e. The Morgan fingerprint density at radius 3 is 2.65 bits per heavy atom. The van der Waals surface area contributed by atoms with Crippen molar-refractivity contribution in [3.05, 3.63) is 64.0 Å². The minimum absolute atomic E-state index is 0.0994. The van der Waals surface area contributed by atoms with E-state index in [2.05, 4.69) is 0 Å². The van der Waals surface area contributed by atoms with Gasteiger partial charge in [0.05, 0.1) is 15.9 Å². The molecule has 0 radical (unpaired) electrons. The van der Waals surface area contributed by atoms with E-state index in [-0.39, 0.29) is 5.69 Å². The minimum Gasteiger partial charge on any atom is -0.389 e. The van der Waals surface area contributed by atoms with Crippen molar-refractivity contribution >= 4 is 17.4 Å². The highest BCUT2D eigenvalue weighted by Gasteiger charge is 2.17. The van der Waals surface area contributed by atoms with Crippen LogP contribution in [-0.2, 0) is 0 Å². The predicted molar refractivity (Wildman–Crippen MR) is 74.3 cm³/mol. The third-order valence-corrected chi connectivity index (χ3v) is 3.74. The van der Waals surface area contributed by atoms with Gasteiger partial charge in [0, 0.05) is 11.0 Å².